The van der Waals surface area contributed by atoms with Crippen LogP contribution in [0.15, 0.2) is 79.1 Å². The molecule has 1 N–H and O–H groups in total. The fourth-order valence-corrected chi connectivity index (χ4v) is 3.51. The Labute approximate surface area is 189 Å². The summed E-state index contributed by atoms with van der Waals surface area (Å²) in [6.07, 6.45) is 4.49. The first-order valence-corrected chi connectivity index (χ1v) is 10.8. The van der Waals surface area contributed by atoms with E-state index in [2.05, 4.69) is 10.3 Å². The molecule has 0 fully saturated rings. The number of methoxy groups -OCH3 is 1. The monoisotopic (exact) mass is 431 g/mol. The first-order chi connectivity index (χ1) is 15.6. The van der Waals surface area contributed by atoms with Crippen LogP contribution < -0.4 is 10.1 Å². The van der Waals surface area contributed by atoms with Crippen molar-refractivity contribution in [2.24, 2.45) is 0 Å². The molecule has 1 atom stereocenters. The average Bonchev–Trinajstić information content (AvgIpc) is 2.84. The Morgan fingerprint density at radius 3 is 2.38 bits per heavy atom. The van der Waals surface area contributed by atoms with Crippen molar-refractivity contribution in [3.8, 4) is 5.75 Å². The standard InChI is InChI=1S/C26H29N3O3/c1-3-8-24(30)29(19-20-12-14-23(32-2)15-13-20)25(22-10-5-4-6-11-22)26(31)28-18-21-9-7-16-27-17-21/h4-7,9-17,25H,3,8,18-19H2,1-2H3,(H,28,31). The molecule has 0 radical (unpaired) electrons. The summed E-state index contributed by atoms with van der Waals surface area (Å²) in [7, 11) is 1.62. The number of hydrogen-bond donors (Lipinski definition) is 1. The van der Waals surface area contributed by atoms with Crippen LogP contribution in [-0.2, 0) is 22.7 Å². The third-order valence-electron chi connectivity index (χ3n) is 5.16. The predicted octanol–water partition coefficient (Wildman–Crippen LogP) is 4.28. The van der Waals surface area contributed by atoms with Crippen molar-refractivity contribution in [3.63, 3.8) is 0 Å². The molecule has 0 aliphatic carbocycles. The van der Waals surface area contributed by atoms with Crippen molar-refractivity contribution in [3.05, 3.63) is 95.8 Å². The summed E-state index contributed by atoms with van der Waals surface area (Å²) in [4.78, 5) is 32.4. The Hall–Kier alpha value is -3.67. The zero-order valence-electron chi connectivity index (χ0n) is 18.5. The smallest absolute Gasteiger partial charge is 0.247 e. The highest BCUT2D eigenvalue weighted by molar-refractivity contribution is 5.88. The van der Waals surface area contributed by atoms with Gasteiger partial charge in [-0.25, -0.2) is 0 Å². The third-order valence-corrected chi connectivity index (χ3v) is 5.16. The summed E-state index contributed by atoms with van der Waals surface area (Å²) >= 11 is 0. The average molecular weight is 432 g/mol. The van der Waals surface area contributed by atoms with E-state index in [1.807, 2.05) is 73.7 Å². The number of aromatic nitrogens is 1. The number of carbonyl (C=O) groups is 2. The summed E-state index contributed by atoms with van der Waals surface area (Å²) in [5, 5.41) is 2.99. The van der Waals surface area contributed by atoms with Gasteiger partial charge in [0.1, 0.15) is 11.8 Å². The number of carbonyl (C=O) groups excluding carboxylic acids is 2. The molecule has 1 aromatic heterocycles. The molecule has 3 aromatic rings. The maximum absolute atomic E-state index is 13.4. The molecule has 2 amide bonds. The molecule has 1 unspecified atom stereocenters. The van der Waals surface area contributed by atoms with Crippen LogP contribution >= 0.6 is 0 Å². The fourth-order valence-electron chi connectivity index (χ4n) is 3.51. The Morgan fingerprint density at radius 1 is 1.00 bits per heavy atom. The van der Waals surface area contributed by atoms with Gasteiger partial charge >= 0.3 is 0 Å². The minimum atomic E-state index is -0.742. The summed E-state index contributed by atoms with van der Waals surface area (Å²) in [6, 6.07) is 20.0. The minimum absolute atomic E-state index is 0.0614. The van der Waals surface area contributed by atoms with E-state index >= 15 is 0 Å². The van der Waals surface area contributed by atoms with Crippen LogP contribution in [0.5, 0.6) is 5.75 Å². The lowest BCUT2D eigenvalue weighted by Crippen LogP contribution is -2.43. The van der Waals surface area contributed by atoms with Crippen molar-refractivity contribution in [1.82, 2.24) is 15.2 Å². The number of benzene rings is 2. The highest BCUT2D eigenvalue weighted by Gasteiger charge is 2.31. The molecule has 32 heavy (non-hydrogen) atoms. The number of amides is 2. The van der Waals surface area contributed by atoms with Crippen LogP contribution in [0.1, 0.15) is 42.5 Å². The molecule has 0 saturated carbocycles. The Kier molecular flexibility index (Phi) is 8.37. The van der Waals surface area contributed by atoms with Crippen molar-refractivity contribution >= 4 is 11.8 Å². The van der Waals surface area contributed by atoms with Gasteiger partial charge in [0.2, 0.25) is 11.8 Å². The van der Waals surface area contributed by atoms with E-state index in [1.165, 1.54) is 0 Å². The molecule has 6 heteroatoms. The number of ether oxygens (including phenoxy) is 1. The fraction of sp³-hybridized carbons (Fsp3) is 0.269. The van der Waals surface area contributed by atoms with Crippen molar-refractivity contribution in [2.45, 2.75) is 38.9 Å². The summed E-state index contributed by atoms with van der Waals surface area (Å²) < 4.78 is 5.24. The molecule has 0 saturated heterocycles. The summed E-state index contributed by atoms with van der Waals surface area (Å²) in [5.74, 6) is 0.459. The van der Waals surface area contributed by atoms with E-state index in [1.54, 1.807) is 24.4 Å². The second kappa shape index (κ2) is 11.6. The second-order valence-corrected chi connectivity index (χ2v) is 7.51. The molecule has 3 rings (SSSR count). The van der Waals surface area contributed by atoms with Gasteiger partial charge in [-0.2, -0.15) is 0 Å². The quantitative estimate of drug-likeness (QED) is 0.520. The molecule has 6 nitrogen and oxygen atoms in total. The maximum Gasteiger partial charge on any atom is 0.247 e. The van der Waals surface area contributed by atoms with Gasteiger partial charge < -0.3 is 15.0 Å². The first-order valence-electron chi connectivity index (χ1n) is 10.8. The SMILES string of the molecule is CCCC(=O)N(Cc1ccc(OC)cc1)C(C(=O)NCc1cccnc1)c1ccccc1. The van der Waals surface area contributed by atoms with E-state index in [4.69, 9.17) is 4.74 Å². The topological polar surface area (TPSA) is 71.5 Å². The van der Waals surface area contributed by atoms with Crippen LogP contribution in [0.25, 0.3) is 0 Å². The number of nitrogens with zero attached hydrogens (tertiary/aromatic N) is 2. The Bertz CT molecular complexity index is 992. The highest BCUT2D eigenvalue weighted by Crippen LogP contribution is 2.25. The highest BCUT2D eigenvalue weighted by atomic mass is 16.5. The van der Waals surface area contributed by atoms with Crippen molar-refractivity contribution < 1.29 is 14.3 Å². The Balaban J connectivity index is 1.90. The van der Waals surface area contributed by atoms with Crippen LogP contribution in [0.4, 0.5) is 0 Å². The zero-order valence-corrected chi connectivity index (χ0v) is 18.5. The van der Waals surface area contributed by atoms with Gasteiger partial charge in [-0.15, -0.1) is 0 Å². The number of pyridine rings is 1. The van der Waals surface area contributed by atoms with Crippen LogP contribution in [0, 0.1) is 0 Å². The molecular weight excluding hydrogens is 402 g/mol. The van der Waals surface area contributed by atoms with Crippen LogP contribution in [-0.4, -0.2) is 28.8 Å². The minimum Gasteiger partial charge on any atom is -0.497 e. The maximum atomic E-state index is 13.4. The Morgan fingerprint density at radius 2 is 1.75 bits per heavy atom. The van der Waals surface area contributed by atoms with Gasteiger partial charge in [-0.05, 0) is 41.3 Å². The van der Waals surface area contributed by atoms with Gasteiger partial charge in [0, 0.05) is 31.9 Å². The number of nitrogens with one attached hydrogen (secondary N) is 1. The van der Waals surface area contributed by atoms with Gasteiger partial charge in [0.05, 0.1) is 7.11 Å². The lowest BCUT2D eigenvalue weighted by molar-refractivity contribution is -0.141. The first kappa shape index (κ1) is 23.0. The molecule has 0 spiro atoms. The van der Waals surface area contributed by atoms with Gasteiger partial charge in [-0.1, -0.05) is 55.5 Å². The molecule has 0 aliphatic rings. The molecule has 0 bridgehead atoms. The van der Waals surface area contributed by atoms with E-state index in [0.29, 0.717) is 25.9 Å². The van der Waals surface area contributed by atoms with E-state index in [0.717, 1.165) is 22.4 Å². The summed E-state index contributed by atoms with van der Waals surface area (Å²) in [5.41, 5.74) is 2.60. The molecule has 1 heterocycles. The van der Waals surface area contributed by atoms with E-state index in [-0.39, 0.29) is 11.8 Å². The number of rotatable bonds is 10. The van der Waals surface area contributed by atoms with Crippen LogP contribution in [0.3, 0.4) is 0 Å². The van der Waals surface area contributed by atoms with E-state index in [9.17, 15) is 9.59 Å². The summed E-state index contributed by atoms with van der Waals surface area (Å²) in [6.45, 7) is 2.63. The van der Waals surface area contributed by atoms with E-state index < -0.39 is 6.04 Å². The lowest BCUT2D eigenvalue weighted by Gasteiger charge is -2.31. The lowest BCUT2D eigenvalue weighted by atomic mass is 10.0. The van der Waals surface area contributed by atoms with Gasteiger partial charge in [0.15, 0.2) is 0 Å². The molecule has 2 aromatic carbocycles. The second-order valence-electron chi connectivity index (χ2n) is 7.51. The zero-order chi connectivity index (χ0) is 22.8. The third kappa shape index (κ3) is 6.17. The molecular formula is C26H29N3O3. The normalized spacial score (nSPS) is 11.4. The predicted molar refractivity (Wildman–Crippen MR) is 124 cm³/mol. The number of hydrogen-bond acceptors (Lipinski definition) is 4. The van der Waals surface area contributed by atoms with Gasteiger partial charge in [-0.3, -0.25) is 14.6 Å². The molecule has 166 valence electrons. The largest absolute Gasteiger partial charge is 0.497 e. The van der Waals surface area contributed by atoms with Crippen LogP contribution in [0.2, 0.25) is 0 Å². The van der Waals surface area contributed by atoms with Crippen molar-refractivity contribution in [1.29, 1.82) is 0 Å². The van der Waals surface area contributed by atoms with Crippen molar-refractivity contribution in [2.75, 3.05) is 7.11 Å². The van der Waals surface area contributed by atoms with Gasteiger partial charge in [0.25, 0.3) is 0 Å². The molecule has 0 aliphatic heterocycles.